The van der Waals surface area contributed by atoms with E-state index < -0.39 is 11.7 Å². The first-order chi connectivity index (χ1) is 11.2. The Morgan fingerprint density at radius 2 is 2.12 bits per heavy atom. The highest BCUT2D eigenvalue weighted by Crippen LogP contribution is 2.17. The summed E-state index contributed by atoms with van der Waals surface area (Å²) >= 11 is 0. The van der Waals surface area contributed by atoms with Gasteiger partial charge in [-0.05, 0) is 50.8 Å². The van der Waals surface area contributed by atoms with Crippen molar-refractivity contribution in [2.45, 2.75) is 39.2 Å². The molecule has 0 spiro atoms. The van der Waals surface area contributed by atoms with Gasteiger partial charge in [-0.1, -0.05) is 12.1 Å². The summed E-state index contributed by atoms with van der Waals surface area (Å²) in [5.41, 5.74) is 0.155. The van der Waals surface area contributed by atoms with Crippen LogP contribution >= 0.6 is 0 Å². The number of amides is 2. The zero-order valence-corrected chi connectivity index (χ0v) is 14.5. The molecular weight excluding hydrogens is 311 g/mol. The van der Waals surface area contributed by atoms with Gasteiger partial charge in [0, 0.05) is 19.6 Å². The van der Waals surface area contributed by atoms with Gasteiger partial charge in [0.05, 0.1) is 6.42 Å². The van der Waals surface area contributed by atoms with Gasteiger partial charge >= 0.3 is 6.09 Å². The number of nitrogens with zero attached hydrogens (tertiary/aromatic N) is 1. The Morgan fingerprint density at radius 3 is 2.79 bits per heavy atom. The normalized spacial score (nSPS) is 17.7. The number of likely N-dealkylation sites (tertiary alicyclic amines) is 1. The molecule has 24 heavy (non-hydrogen) atoms. The average Bonchev–Trinajstić information content (AvgIpc) is 2.92. The first-order valence-electron chi connectivity index (χ1n) is 8.22. The van der Waals surface area contributed by atoms with Crippen LogP contribution in [0, 0.1) is 11.7 Å². The summed E-state index contributed by atoms with van der Waals surface area (Å²) in [4.78, 5) is 25.7. The van der Waals surface area contributed by atoms with E-state index in [-0.39, 0.29) is 24.1 Å². The predicted molar refractivity (Wildman–Crippen MR) is 89.0 cm³/mol. The van der Waals surface area contributed by atoms with Crippen molar-refractivity contribution in [2.75, 3.05) is 19.6 Å². The molecule has 1 atom stereocenters. The molecule has 1 aliphatic heterocycles. The molecule has 0 bridgehead atoms. The Morgan fingerprint density at radius 1 is 1.38 bits per heavy atom. The van der Waals surface area contributed by atoms with Crippen LogP contribution in [-0.2, 0) is 16.0 Å². The highest BCUT2D eigenvalue weighted by Gasteiger charge is 2.27. The van der Waals surface area contributed by atoms with Gasteiger partial charge in [-0.15, -0.1) is 0 Å². The van der Waals surface area contributed by atoms with Gasteiger partial charge in [-0.2, -0.15) is 0 Å². The van der Waals surface area contributed by atoms with Gasteiger partial charge in [-0.3, -0.25) is 4.79 Å². The number of ether oxygens (including phenoxy) is 1. The SMILES string of the molecule is CC(C)(C)OC(=O)NC[C@H]1CCN(C(=O)Cc2cccc(F)c2)C1. The minimum Gasteiger partial charge on any atom is -0.444 e. The van der Waals surface area contributed by atoms with Crippen molar-refractivity contribution in [1.29, 1.82) is 0 Å². The number of carbonyl (C=O) groups excluding carboxylic acids is 2. The molecular formula is C18H25FN2O3. The number of nitrogens with one attached hydrogen (secondary N) is 1. The van der Waals surface area contributed by atoms with Crippen LogP contribution in [0.15, 0.2) is 24.3 Å². The van der Waals surface area contributed by atoms with Crippen LogP contribution < -0.4 is 5.32 Å². The molecule has 1 N–H and O–H groups in total. The second kappa shape index (κ2) is 7.64. The van der Waals surface area contributed by atoms with Crippen LogP contribution in [0.1, 0.15) is 32.8 Å². The second-order valence-electron chi connectivity index (χ2n) is 7.18. The van der Waals surface area contributed by atoms with Gasteiger partial charge in [0.2, 0.25) is 5.91 Å². The van der Waals surface area contributed by atoms with E-state index in [1.165, 1.54) is 12.1 Å². The Balaban J connectivity index is 1.76. The molecule has 5 nitrogen and oxygen atoms in total. The molecule has 2 rings (SSSR count). The molecule has 1 aromatic rings. The average molecular weight is 336 g/mol. The lowest BCUT2D eigenvalue weighted by Crippen LogP contribution is -2.36. The first-order valence-corrected chi connectivity index (χ1v) is 8.22. The number of carbonyl (C=O) groups is 2. The third kappa shape index (κ3) is 5.83. The number of alkyl carbamates (subject to hydrolysis) is 1. The molecule has 0 aromatic heterocycles. The monoisotopic (exact) mass is 336 g/mol. The van der Waals surface area contributed by atoms with E-state index in [1.807, 2.05) is 20.8 Å². The number of hydrogen-bond donors (Lipinski definition) is 1. The van der Waals surface area contributed by atoms with Gasteiger partial charge in [-0.25, -0.2) is 9.18 Å². The van der Waals surface area contributed by atoms with Crippen molar-refractivity contribution >= 4 is 12.0 Å². The first kappa shape index (κ1) is 18.2. The lowest BCUT2D eigenvalue weighted by atomic mass is 10.1. The summed E-state index contributed by atoms with van der Waals surface area (Å²) in [6.45, 7) is 7.19. The summed E-state index contributed by atoms with van der Waals surface area (Å²) in [7, 11) is 0. The lowest BCUT2D eigenvalue weighted by molar-refractivity contribution is -0.129. The van der Waals surface area contributed by atoms with E-state index in [4.69, 9.17) is 4.74 Å². The molecule has 2 amide bonds. The summed E-state index contributed by atoms with van der Waals surface area (Å²) < 4.78 is 18.4. The lowest BCUT2D eigenvalue weighted by Gasteiger charge is -2.21. The van der Waals surface area contributed by atoms with Crippen molar-refractivity contribution in [3.8, 4) is 0 Å². The smallest absolute Gasteiger partial charge is 0.407 e. The highest BCUT2D eigenvalue weighted by atomic mass is 19.1. The van der Waals surface area contributed by atoms with Crippen LogP contribution in [0.5, 0.6) is 0 Å². The van der Waals surface area contributed by atoms with E-state index in [0.29, 0.717) is 25.2 Å². The van der Waals surface area contributed by atoms with E-state index in [2.05, 4.69) is 5.32 Å². The highest BCUT2D eigenvalue weighted by molar-refractivity contribution is 5.79. The van der Waals surface area contributed by atoms with Crippen LogP contribution in [0.25, 0.3) is 0 Å². The summed E-state index contributed by atoms with van der Waals surface area (Å²) in [5, 5.41) is 2.75. The minimum atomic E-state index is -0.521. The van der Waals surface area contributed by atoms with Gasteiger partial charge in [0.25, 0.3) is 0 Å². The third-order valence-corrected chi connectivity index (χ3v) is 3.82. The standard InChI is InChI=1S/C18H25FN2O3/c1-18(2,3)24-17(23)20-11-14-7-8-21(12-14)16(22)10-13-5-4-6-15(19)9-13/h4-6,9,14H,7-8,10-12H2,1-3H3,(H,20,23)/t14-/m1/s1. The molecule has 1 heterocycles. The molecule has 1 aliphatic rings. The predicted octanol–water partition coefficient (Wildman–Crippen LogP) is 2.74. The molecule has 1 fully saturated rings. The van der Waals surface area contributed by atoms with Gasteiger partial charge in [0.15, 0.2) is 0 Å². The zero-order chi connectivity index (χ0) is 17.7. The molecule has 0 aliphatic carbocycles. The number of halogens is 1. The van der Waals surface area contributed by atoms with E-state index in [0.717, 1.165) is 6.42 Å². The number of hydrogen-bond acceptors (Lipinski definition) is 3. The fraction of sp³-hybridized carbons (Fsp3) is 0.556. The van der Waals surface area contributed by atoms with Crippen molar-refractivity contribution in [3.05, 3.63) is 35.6 Å². The van der Waals surface area contributed by atoms with Crippen LogP contribution in [0.4, 0.5) is 9.18 Å². The van der Waals surface area contributed by atoms with Crippen LogP contribution in [0.2, 0.25) is 0 Å². The second-order valence-corrected chi connectivity index (χ2v) is 7.18. The summed E-state index contributed by atoms with van der Waals surface area (Å²) in [6, 6.07) is 6.10. The largest absolute Gasteiger partial charge is 0.444 e. The topological polar surface area (TPSA) is 58.6 Å². The maximum atomic E-state index is 13.2. The summed E-state index contributed by atoms with van der Waals surface area (Å²) in [6.07, 6.45) is 0.598. The fourth-order valence-corrected chi connectivity index (χ4v) is 2.70. The fourth-order valence-electron chi connectivity index (χ4n) is 2.70. The van der Waals surface area contributed by atoms with E-state index in [9.17, 15) is 14.0 Å². The van der Waals surface area contributed by atoms with Gasteiger partial charge < -0.3 is 15.0 Å². The molecule has 1 aromatic carbocycles. The number of benzene rings is 1. The number of rotatable bonds is 4. The Kier molecular flexibility index (Phi) is 5.80. The van der Waals surface area contributed by atoms with Crippen molar-refractivity contribution in [2.24, 2.45) is 5.92 Å². The Hall–Kier alpha value is -2.11. The maximum absolute atomic E-state index is 13.2. The third-order valence-electron chi connectivity index (χ3n) is 3.82. The Labute approximate surface area is 142 Å². The maximum Gasteiger partial charge on any atom is 0.407 e. The molecule has 1 saturated heterocycles. The van der Waals surface area contributed by atoms with Gasteiger partial charge in [0.1, 0.15) is 11.4 Å². The van der Waals surface area contributed by atoms with Crippen LogP contribution in [0.3, 0.4) is 0 Å². The molecule has 0 unspecified atom stereocenters. The summed E-state index contributed by atoms with van der Waals surface area (Å²) in [5.74, 6) is -0.129. The molecule has 0 saturated carbocycles. The minimum absolute atomic E-state index is 0.0135. The van der Waals surface area contributed by atoms with E-state index in [1.54, 1.807) is 17.0 Å². The van der Waals surface area contributed by atoms with Crippen molar-refractivity contribution in [3.63, 3.8) is 0 Å². The Bertz CT molecular complexity index is 598. The van der Waals surface area contributed by atoms with Crippen LogP contribution in [-0.4, -0.2) is 42.1 Å². The molecule has 6 heteroatoms. The van der Waals surface area contributed by atoms with E-state index >= 15 is 0 Å². The quantitative estimate of drug-likeness (QED) is 0.920. The molecule has 132 valence electrons. The molecule has 0 radical (unpaired) electrons. The van der Waals surface area contributed by atoms with Crippen molar-refractivity contribution < 1.29 is 18.7 Å². The van der Waals surface area contributed by atoms with Crippen molar-refractivity contribution in [1.82, 2.24) is 10.2 Å². The zero-order valence-electron chi connectivity index (χ0n) is 14.5.